The first-order valence-electron chi connectivity index (χ1n) is 14.1. The topological polar surface area (TPSA) is 83.1 Å². The van der Waals surface area contributed by atoms with Gasteiger partial charge in [-0.1, -0.05) is 93.9 Å². The molecule has 0 spiro atoms. The number of rotatable bonds is 12. The minimum atomic E-state index is -2.22. The molecular weight excluding hydrogens is 618 g/mol. The van der Waals surface area contributed by atoms with Crippen molar-refractivity contribution in [2.24, 2.45) is 0 Å². The van der Waals surface area contributed by atoms with Crippen molar-refractivity contribution in [3.8, 4) is 11.5 Å². The Hall–Kier alpha value is -2.31. The highest BCUT2D eigenvalue weighted by Gasteiger charge is 2.42. The van der Waals surface area contributed by atoms with Crippen LogP contribution in [0.4, 0.5) is 4.79 Å². The maximum atomic E-state index is 13.0. The molecule has 1 atom stereocenters. The number of alkyl carbamates (subject to hydrolysis) is 1. The molecule has 0 aliphatic carbocycles. The number of carbonyl (C=O) groups excluding carboxylic acids is 2. The molecule has 0 fully saturated rings. The molecule has 1 amide bonds. The van der Waals surface area contributed by atoms with Gasteiger partial charge in [-0.2, -0.15) is 0 Å². The van der Waals surface area contributed by atoms with E-state index in [2.05, 4.69) is 89.0 Å². The lowest BCUT2D eigenvalue weighted by Gasteiger charge is -2.39. The molecule has 1 unspecified atom stereocenters. The molecule has 0 aliphatic heterocycles. The first kappa shape index (κ1) is 34.9. The van der Waals surface area contributed by atoms with E-state index in [9.17, 15) is 9.59 Å². The van der Waals surface area contributed by atoms with Crippen LogP contribution in [0.2, 0.25) is 36.3 Å². The summed E-state index contributed by atoms with van der Waals surface area (Å²) in [6.45, 7) is 22.3. The number of hydrogen-bond donors (Lipinski definition) is 1. The molecule has 0 heterocycles. The predicted molar refractivity (Wildman–Crippen MR) is 174 cm³/mol. The van der Waals surface area contributed by atoms with E-state index in [4.69, 9.17) is 18.3 Å². The first-order chi connectivity index (χ1) is 18.9. The average Bonchev–Trinajstić information content (AvgIpc) is 2.86. The molecular formula is C31H48BrNO6Si2. The fourth-order valence-corrected chi connectivity index (χ4v) is 5.48. The maximum Gasteiger partial charge on any atom is 0.408 e. The van der Waals surface area contributed by atoms with E-state index in [-0.39, 0.29) is 29.7 Å². The maximum absolute atomic E-state index is 13.0. The van der Waals surface area contributed by atoms with Crippen LogP contribution in [0.25, 0.3) is 0 Å². The molecule has 2 rings (SSSR count). The molecule has 41 heavy (non-hydrogen) atoms. The molecule has 228 valence electrons. The molecule has 0 radical (unpaired) electrons. The molecule has 7 nitrogen and oxygen atoms in total. The summed E-state index contributed by atoms with van der Waals surface area (Å²) >= 11 is 3.28. The van der Waals surface area contributed by atoms with E-state index in [0.717, 1.165) is 11.1 Å². The van der Waals surface area contributed by atoms with Crippen LogP contribution in [0, 0.1) is 0 Å². The van der Waals surface area contributed by atoms with Crippen molar-refractivity contribution in [2.45, 2.75) is 96.9 Å². The highest BCUT2D eigenvalue weighted by molar-refractivity contribution is 9.09. The van der Waals surface area contributed by atoms with Gasteiger partial charge >= 0.3 is 12.1 Å². The predicted octanol–water partition coefficient (Wildman–Crippen LogP) is 8.23. The first-order valence-corrected chi connectivity index (χ1v) is 21.0. The number of alkyl halides is 1. The van der Waals surface area contributed by atoms with E-state index in [1.807, 2.05) is 48.5 Å². The number of carbonyl (C=O) groups is 2. The summed E-state index contributed by atoms with van der Waals surface area (Å²) < 4.78 is 24.2. The van der Waals surface area contributed by atoms with Gasteiger partial charge < -0.3 is 23.6 Å². The van der Waals surface area contributed by atoms with Gasteiger partial charge in [-0.3, -0.25) is 0 Å². The summed E-state index contributed by atoms with van der Waals surface area (Å²) in [5, 5.41) is 3.18. The van der Waals surface area contributed by atoms with Gasteiger partial charge in [0.05, 0.1) is 0 Å². The van der Waals surface area contributed by atoms with Gasteiger partial charge in [0, 0.05) is 11.8 Å². The smallest absolute Gasteiger partial charge is 0.408 e. The molecule has 0 aliphatic rings. The Morgan fingerprint density at radius 3 is 1.90 bits per heavy atom. The average molecular weight is 667 g/mol. The Labute approximate surface area is 257 Å². The van der Waals surface area contributed by atoms with Crippen LogP contribution < -0.4 is 14.2 Å². The van der Waals surface area contributed by atoms with Crippen molar-refractivity contribution in [1.82, 2.24) is 5.32 Å². The van der Waals surface area contributed by atoms with Gasteiger partial charge in [0.2, 0.25) is 0 Å². The second-order valence-electron chi connectivity index (χ2n) is 13.3. The van der Waals surface area contributed by atoms with Crippen molar-refractivity contribution < 1.29 is 27.9 Å². The van der Waals surface area contributed by atoms with E-state index < -0.39 is 34.7 Å². The fraction of sp³-hybridized carbons (Fsp3) is 0.548. The lowest BCUT2D eigenvalue weighted by molar-refractivity contribution is -0.145. The van der Waals surface area contributed by atoms with Crippen molar-refractivity contribution in [3.05, 3.63) is 59.7 Å². The Morgan fingerprint density at radius 2 is 1.37 bits per heavy atom. The molecule has 1 N–H and O–H groups in total. The molecule has 10 heteroatoms. The van der Waals surface area contributed by atoms with E-state index in [1.165, 1.54) is 0 Å². The van der Waals surface area contributed by atoms with Gasteiger partial charge in [0.15, 0.2) is 0 Å². The Morgan fingerprint density at radius 1 is 0.805 bits per heavy atom. The number of benzene rings is 2. The largest absolute Gasteiger partial charge is 0.541 e. The van der Waals surface area contributed by atoms with Crippen molar-refractivity contribution in [3.63, 3.8) is 0 Å². The molecule has 2 aromatic carbocycles. The third kappa shape index (κ3) is 10.5. The van der Waals surface area contributed by atoms with E-state index in [0.29, 0.717) is 16.8 Å². The summed E-state index contributed by atoms with van der Waals surface area (Å²) in [5.74, 6) is 0.839. The SMILES string of the molecule is CC(C)(C)[Si](C)(C)Oc1ccc(CC(NC(=O)OCc2ccccc2)C(=O)OCCBr)cc1O[Si](C)(C)C(C)(C)C. The monoisotopic (exact) mass is 665 g/mol. The van der Waals surface area contributed by atoms with Crippen molar-refractivity contribution in [1.29, 1.82) is 0 Å². The third-order valence-corrected chi connectivity index (χ3v) is 16.9. The summed E-state index contributed by atoms with van der Waals surface area (Å²) in [7, 11) is -4.38. The molecule has 0 bridgehead atoms. The minimum absolute atomic E-state index is 0.00816. The van der Waals surface area contributed by atoms with Gasteiger partial charge in [0.25, 0.3) is 16.6 Å². The van der Waals surface area contributed by atoms with Gasteiger partial charge in [0.1, 0.15) is 30.8 Å². The highest BCUT2D eigenvalue weighted by Crippen LogP contribution is 2.43. The lowest BCUT2D eigenvalue weighted by Crippen LogP contribution is -2.46. The van der Waals surface area contributed by atoms with E-state index in [1.54, 1.807) is 0 Å². The summed E-state index contributed by atoms with van der Waals surface area (Å²) in [4.78, 5) is 25.6. The summed E-state index contributed by atoms with van der Waals surface area (Å²) in [6.07, 6.45) is -0.485. The highest BCUT2D eigenvalue weighted by atomic mass is 79.9. The van der Waals surface area contributed by atoms with Gasteiger partial charge in [-0.15, -0.1) is 0 Å². The van der Waals surface area contributed by atoms with Crippen LogP contribution in [0.1, 0.15) is 52.7 Å². The second-order valence-corrected chi connectivity index (χ2v) is 23.6. The van der Waals surface area contributed by atoms with Crippen LogP contribution in [0.15, 0.2) is 48.5 Å². The zero-order valence-corrected chi connectivity index (χ0v) is 29.9. The van der Waals surface area contributed by atoms with Crippen molar-refractivity contribution >= 4 is 44.6 Å². The third-order valence-electron chi connectivity index (χ3n) is 7.90. The number of halogens is 1. The number of nitrogens with one attached hydrogen (secondary N) is 1. The molecule has 2 aromatic rings. The minimum Gasteiger partial charge on any atom is -0.541 e. The Balaban J connectivity index is 2.37. The zero-order chi connectivity index (χ0) is 31.1. The van der Waals surface area contributed by atoms with Crippen LogP contribution >= 0.6 is 15.9 Å². The standard InChI is InChI=1S/C31H48BrNO6Si2/c1-30(2,3)40(7,8)38-26-17-16-24(21-27(26)39-41(9,10)31(4,5)6)20-25(28(34)36-19-18-32)33-29(35)37-22-23-14-12-11-13-15-23/h11-17,21,25H,18-20,22H2,1-10H3,(H,33,35). The fourth-order valence-electron chi connectivity index (χ4n) is 3.28. The second kappa shape index (κ2) is 14.2. The molecule has 0 saturated heterocycles. The quantitative estimate of drug-likeness (QED) is 0.140. The number of ether oxygens (including phenoxy) is 2. The Kier molecular flexibility index (Phi) is 12.1. The zero-order valence-electron chi connectivity index (χ0n) is 26.4. The van der Waals surface area contributed by atoms with Crippen LogP contribution in [-0.2, 0) is 27.3 Å². The van der Waals surface area contributed by atoms with Gasteiger partial charge in [-0.25, -0.2) is 9.59 Å². The number of amides is 1. The van der Waals surface area contributed by atoms with Crippen LogP contribution in [-0.4, -0.2) is 46.7 Å². The van der Waals surface area contributed by atoms with Gasteiger partial charge in [-0.05, 0) is 59.5 Å². The normalized spacial score (nSPS) is 13.2. The lowest BCUT2D eigenvalue weighted by atomic mass is 10.1. The Bertz CT molecular complexity index is 1160. The summed E-state index contributed by atoms with van der Waals surface area (Å²) in [6, 6.07) is 14.2. The molecule has 0 saturated carbocycles. The number of esters is 1. The van der Waals surface area contributed by atoms with Crippen molar-refractivity contribution in [2.75, 3.05) is 11.9 Å². The molecule has 0 aromatic heterocycles. The van der Waals surface area contributed by atoms with Crippen LogP contribution in [0.5, 0.6) is 11.5 Å². The number of hydrogen-bond acceptors (Lipinski definition) is 6. The van der Waals surface area contributed by atoms with E-state index >= 15 is 0 Å². The summed E-state index contributed by atoms with van der Waals surface area (Å²) in [5.41, 5.74) is 1.66. The van der Waals surface area contributed by atoms with Crippen LogP contribution in [0.3, 0.4) is 0 Å².